The van der Waals surface area contributed by atoms with E-state index >= 15 is 0 Å². The number of amides is 2. The highest BCUT2D eigenvalue weighted by atomic mass is 16.2. The maximum atomic E-state index is 12.9. The van der Waals surface area contributed by atoms with E-state index in [4.69, 9.17) is 5.73 Å². The van der Waals surface area contributed by atoms with Gasteiger partial charge in [-0.1, -0.05) is 44.2 Å². The zero-order valence-electron chi connectivity index (χ0n) is 16.8. The van der Waals surface area contributed by atoms with Gasteiger partial charge in [-0.3, -0.25) is 14.4 Å². The molecule has 0 radical (unpaired) electrons. The van der Waals surface area contributed by atoms with Crippen molar-refractivity contribution in [3.8, 4) is 17.1 Å². The van der Waals surface area contributed by atoms with Crippen LogP contribution in [0, 0.1) is 5.92 Å². The molecular formula is C22H23N5O3. The number of carbonyl (C=O) groups is 3. The van der Waals surface area contributed by atoms with E-state index in [0.717, 1.165) is 11.3 Å². The number of benzene rings is 1. The molecule has 0 aliphatic heterocycles. The van der Waals surface area contributed by atoms with E-state index in [9.17, 15) is 14.4 Å². The van der Waals surface area contributed by atoms with Crippen LogP contribution in [0.3, 0.4) is 0 Å². The molecule has 30 heavy (non-hydrogen) atoms. The molecule has 3 N–H and O–H groups in total. The highest BCUT2D eigenvalue weighted by Gasteiger charge is 2.27. The second-order valence-corrected chi connectivity index (χ2v) is 7.27. The van der Waals surface area contributed by atoms with Gasteiger partial charge in [-0.05, 0) is 30.5 Å². The monoisotopic (exact) mass is 405 g/mol. The van der Waals surface area contributed by atoms with E-state index < -0.39 is 23.6 Å². The standard InChI is InChI=1S/C22H23N5O3/c1-14(2)13-18(19(28)20(23)29)25-22(30)16-9-6-11-24-21(16)27-12-10-17(26-27)15-7-4-3-5-8-15/h3-12,14,18H,13H2,1-2H3,(H2,23,29)(H,25,30). The number of aromatic nitrogens is 3. The molecule has 0 saturated heterocycles. The van der Waals surface area contributed by atoms with Crippen LogP contribution in [0.25, 0.3) is 17.1 Å². The Balaban J connectivity index is 1.89. The molecule has 0 bridgehead atoms. The predicted molar refractivity (Wildman–Crippen MR) is 112 cm³/mol. The van der Waals surface area contributed by atoms with Gasteiger partial charge in [0, 0.05) is 18.0 Å². The fourth-order valence-electron chi connectivity index (χ4n) is 3.07. The van der Waals surface area contributed by atoms with Crippen molar-refractivity contribution in [2.45, 2.75) is 26.3 Å². The molecule has 0 spiro atoms. The van der Waals surface area contributed by atoms with Gasteiger partial charge in [-0.25, -0.2) is 9.67 Å². The minimum Gasteiger partial charge on any atom is -0.363 e. The van der Waals surface area contributed by atoms with Crippen LogP contribution in [0.1, 0.15) is 30.6 Å². The Hall–Kier alpha value is -3.81. The SMILES string of the molecule is CC(C)CC(NC(=O)c1cccnc1-n1ccc(-c2ccccc2)n1)C(=O)C(N)=O. The van der Waals surface area contributed by atoms with Crippen molar-refractivity contribution in [1.29, 1.82) is 0 Å². The number of nitrogens with two attached hydrogens (primary N) is 1. The summed E-state index contributed by atoms with van der Waals surface area (Å²) in [6, 6.07) is 13.6. The number of hydrogen-bond acceptors (Lipinski definition) is 5. The zero-order valence-corrected chi connectivity index (χ0v) is 16.8. The first kappa shape index (κ1) is 20.9. The third-order valence-electron chi connectivity index (χ3n) is 4.48. The molecule has 154 valence electrons. The Morgan fingerprint density at radius 2 is 1.80 bits per heavy atom. The Bertz CT molecular complexity index is 1060. The summed E-state index contributed by atoms with van der Waals surface area (Å²) in [6.07, 6.45) is 3.56. The summed E-state index contributed by atoms with van der Waals surface area (Å²) in [4.78, 5) is 40.7. The third-order valence-corrected chi connectivity index (χ3v) is 4.48. The number of nitrogens with one attached hydrogen (secondary N) is 1. The van der Waals surface area contributed by atoms with Gasteiger partial charge in [-0.2, -0.15) is 5.10 Å². The number of carbonyl (C=O) groups excluding carboxylic acids is 3. The second kappa shape index (κ2) is 9.13. The molecule has 2 amide bonds. The number of nitrogens with zero attached hydrogens (tertiary/aromatic N) is 3. The Morgan fingerprint density at radius 1 is 1.07 bits per heavy atom. The maximum Gasteiger partial charge on any atom is 0.287 e. The van der Waals surface area contributed by atoms with Gasteiger partial charge in [-0.15, -0.1) is 0 Å². The van der Waals surface area contributed by atoms with Crippen molar-refractivity contribution in [1.82, 2.24) is 20.1 Å². The zero-order chi connectivity index (χ0) is 21.7. The normalized spacial score (nSPS) is 11.8. The highest BCUT2D eigenvalue weighted by Crippen LogP contribution is 2.19. The van der Waals surface area contributed by atoms with E-state index in [2.05, 4.69) is 15.4 Å². The van der Waals surface area contributed by atoms with Crippen molar-refractivity contribution in [2.24, 2.45) is 11.7 Å². The Kier molecular flexibility index (Phi) is 6.36. The minimum atomic E-state index is -1.08. The largest absolute Gasteiger partial charge is 0.363 e. The number of hydrogen-bond donors (Lipinski definition) is 2. The van der Waals surface area contributed by atoms with Gasteiger partial charge < -0.3 is 11.1 Å². The highest BCUT2D eigenvalue weighted by molar-refractivity contribution is 6.38. The van der Waals surface area contributed by atoms with Crippen LogP contribution in [0.15, 0.2) is 60.9 Å². The lowest BCUT2D eigenvalue weighted by molar-refractivity contribution is -0.137. The molecule has 3 rings (SSSR count). The van der Waals surface area contributed by atoms with Gasteiger partial charge in [0.25, 0.3) is 11.8 Å². The molecule has 8 heteroatoms. The lowest BCUT2D eigenvalue weighted by Crippen LogP contribution is -2.47. The van der Waals surface area contributed by atoms with E-state index in [1.54, 1.807) is 24.5 Å². The average Bonchev–Trinajstić information content (AvgIpc) is 3.23. The van der Waals surface area contributed by atoms with Gasteiger partial charge >= 0.3 is 0 Å². The van der Waals surface area contributed by atoms with Crippen LogP contribution in [-0.4, -0.2) is 38.4 Å². The fraction of sp³-hybridized carbons (Fsp3) is 0.227. The quantitative estimate of drug-likeness (QED) is 0.556. The number of primary amides is 1. The second-order valence-electron chi connectivity index (χ2n) is 7.27. The van der Waals surface area contributed by atoms with Crippen LogP contribution >= 0.6 is 0 Å². The summed E-state index contributed by atoms with van der Waals surface area (Å²) in [5.74, 6) is -2.05. The summed E-state index contributed by atoms with van der Waals surface area (Å²) < 4.78 is 1.50. The molecule has 0 aliphatic carbocycles. The van der Waals surface area contributed by atoms with Crippen molar-refractivity contribution < 1.29 is 14.4 Å². The topological polar surface area (TPSA) is 120 Å². The van der Waals surface area contributed by atoms with Crippen LogP contribution in [0.5, 0.6) is 0 Å². The van der Waals surface area contributed by atoms with Crippen molar-refractivity contribution in [3.63, 3.8) is 0 Å². The van der Waals surface area contributed by atoms with Crippen LogP contribution in [0.2, 0.25) is 0 Å². The summed E-state index contributed by atoms with van der Waals surface area (Å²) >= 11 is 0. The van der Waals surface area contributed by atoms with E-state index in [-0.39, 0.29) is 11.5 Å². The van der Waals surface area contributed by atoms with Gasteiger partial charge in [0.05, 0.1) is 17.3 Å². The number of rotatable bonds is 8. The van der Waals surface area contributed by atoms with Crippen molar-refractivity contribution >= 4 is 17.6 Å². The molecule has 0 fully saturated rings. The molecule has 2 heterocycles. The molecular weight excluding hydrogens is 382 g/mol. The predicted octanol–water partition coefficient (Wildman–Crippen LogP) is 2.13. The van der Waals surface area contributed by atoms with Crippen molar-refractivity contribution in [2.75, 3.05) is 0 Å². The fourth-order valence-corrected chi connectivity index (χ4v) is 3.07. The number of pyridine rings is 1. The maximum absolute atomic E-state index is 12.9. The van der Waals surface area contributed by atoms with Gasteiger partial charge in [0.15, 0.2) is 5.82 Å². The molecule has 1 atom stereocenters. The smallest absolute Gasteiger partial charge is 0.287 e. The molecule has 2 aromatic heterocycles. The van der Waals surface area contributed by atoms with Crippen LogP contribution in [-0.2, 0) is 9.59 Å². The molecule has 1 unspecified atom stereocenters. The lowest BCUT2D eigenvalue weighted by Gasteiger charge is -2.18. The summed E-state index contributed by atoms with van der Waals surface area (Å²) in [7, 11) is 0. The first-order valence-corrected chi connectivity index (χ1v) is 9.57. The van der Waals surface area contributed by atoms with Gasteiger partial charge in [0.1, 0.15) is 0 Å². The Morgan fingerprint density at radius 3 is 2.47 bits per heavy atom. The van der Waals surface area contributed by atoms with Crippen LogP contribution < -0.4 is 11.1 Å². The summed E-state index contributed by atoms with van der Waals surface area (Å²) in [5.41, 5.74) is 7.03. The average molecular weight is 405 g/mol. The van der Waals surface area contributed by atoms with Gasteiger partial charge in [0.2, 0.25) is 5.78 Å². The summed E-state index contributed by atoms with van der Waals surface area (Å²) in [5, 5.41) is 7.14. The molecule has 3 aromatic rings. The molecule has 0 aliphatic rings. The first-order valence-electron chi connectivity index (χ1n) is 9.57. The number of Topliss-reactive ketones (excluding diaryl/α,β-unsaturated/α-hetero) is 1. The summed E-state index contributed by atoms with van der Waals surface area (Å²) in [6.45, 7) is 3.77. The van der Waals surface area contributed by atoms with E-state index in [1.165, 1.54) is 4.68 Å². The van der Waals surface area contributed by atoms with Crippen molar-refractivity contribution in [3.05, 3.63) is 66.5 Å². The van der Waals surface area contributed by atoms with Crippen LogP contribution in [0.4, 0.5) is 0 Å². The first-order chi connectivity index (χ1) is 14.4. The minimum absolute atomic E-state index is 0.0755. The molecule has 8 nitrogen and oxygen atoms in total. The van der Waals surface area contributed by atoms with E-state index in [0.29, 0.717) is 12.2 Å². The Labute approximate surface area is 174 Å². The lowest BCUT2D eigenvalue weighted by atomic mass is 9.99. The van der Waals surface area contributed by atoms with E-state index in [1.807, 2.05) is 50.2 Å². The number of ketones is 1. The third kappa shape index (κ3) is 4.78. The molecule has 1 aromatic carbocycles. The molecule has 0 saturated carbocycles.